The molecule has 258 valence electrons. The molecule has 0 N–H and O–H groups in total. The summed E-state index contributed by atoms with van der Waals surface area (Å²) in [6, 6.07) is 26.7. The van der Waals surface area contributed by atoms with Crippen LogP contribution in [-0.4, -0.2) is 30.6 Å². The van der Waals surface area contributed by atoms with Crippen LogP contribution >= 0.6 is 11.6 Å². The van der Waals surface area contributed by atoms with Gasteiger partial charge in [-0.05, 0) is 77.7 Å². The zero-order chi connectivity index (χ0) is 35.6. The molecule has 2 aliphatic heterocycles. The molecule has 49 heavy (non-hydrogen) atoms. The van der Waals surface area contributed by atoms with E-state index in [0.717, 1.165) is 43.8 Å². The number of halogens is 5. The van der Waals surface area contributed by atoms with E-state index in [1.54, 1.807) is 0 Å². The van der Waals surface area contributed by atoms with E-state index in [1.807, 2.05) is 0 Å². The number of allylic oxidation sites excluding steroid dienone is 6. The van der Waals surface area contributed by atoms with Crippen LogP contribution in [0.3, 0.4) is 0 Å². The summed E-state index contributed by atoms with van der Waals surface area (Å²) in [5, 5.41) is 6.02. The average molecular weight is 689 g/mol. The molecular formula is C41H46BClF4N2. The van der Waals surface area contributed by atoms with Crippen LogP contribution in [0.25, 0.3) is 21.5 Å². The Labute approximate surface area is 293 Å². The number of hydrogen-bond donors (Lipinski definition) is 0. The monoisotopic (exact) mass is 688 g/mol. The summed E-state index contributed by atoms with van der Waals surface area (Å²) in [4.78, 5) is 2.53. The van der Waals surface area contributed by atoms with Crippen LogP contribution in [0.1, 0.15) is 78.4 Å². The SMILES string of the molecule is CCCCN1C(=CC=C(Cl)C=CC2=[N+](CCCC)c3ccc4ccccc4c3C2(C)C)C(C)(C)c2c1ccc1ccccc21.F[B-](F)(F)F. The maximum atomic E-state index is 9.75. The third kappa shape index (κ3) is 7.52. The van der Waals surface area contributed by atoms with E-state index in [1.165, 1.54) is 55.5 Å². The molecule has 2 aliphatic rings. The zero-order valence-corrected chi connectivity index (χ0v) is 30.1. The highest BCUT2D eigenvalue weighted by molar-refractivity contribution is 6.50. The number of unbranched alkanes of at least 4 members (excludes halogenated alkanes) is 2. The highest BCUT2D eigenvalue weighted by Crippen LogP contribution is 2.51. The minimum atomic E-state index is -6.00. The Bertz CT molecular complexity index is 1960. The average Bonchev–Trinajstić information content (AvgIpc) is 3.41. The predicted octanol–water partition coefficient (Wildman–Crippen LogP) is 12.6. The Hall–Kier alpha value is -3.84. The Balaban J connectivity index is 0.000000874. The number of rotatable bonds is 9. The molecule has 2 nitrogen and oxygen atoms in total. The molecule has 0 unspecified atom stereocenters. The topological polar surface area (TPSA) is 6.25 Å². The van der Waals surface area contributed by atoms with Crippen LogP contribution in [0.15, 0.2) is 108 Å². The third-order valence-electron chi connectivity index (χ3n) is 9.78. The molecule has 8 heteroatoms. The summed E-state index contributed by atoms with van der Waals surface area (Å²) >= 11 is 7.02. The fourth-order valence-corrected chi connectivity index (χ4v) is 7.68. The molecule has 4 aromatic carbocycles. The smallest absolute Gasteiger partial charge is 0.418 e. The van der Waals surface area contributed by atoms with Crippen molar-refractivity contribution in [1.82, 2.24) is 0 Å². The molecule has 0 amide bonds. The molecule has 6 rings (SSSR count). The van der Waals surface area contributed by atoms with Gasteiger partial charge >= 0.3 is 7.25 Å². The zero-order valence-electron chi connectivity index (χ0n) is 29.3. The van der Waals surface area contributed by atoms with E-state index in [9.17, 15) is 17.3 Å². The molecule has 0 spiro atoms. The maximum absolute atomic E-state index is 9.75. The van der Waals surface area contributed by atoms with Crippen LogP contribution in [-0.2, 0) is 10.8 Å². The van der Waals surface area contributed by atoms with Gasteiger partial charge in [-0.15, -0.1) is 0 Å². The van der Waals surface area contributed by atoms with Crippen LogP contribution in [0.2, 0.25) is 0 Å². The molecule has 0 aromatic heterocycles. The molecule has 0 bridgehead atoms. The summed E-state index contributed by atoms with van der Waals surface area (Å²) in [5.41, 5.74) is 7.83. The number of nitrogens with zero attached hydrogens (tertiary/aromatic N) is 2. The van der Waals surface area contributed by atoms with Gasteiger partial charge in [-0.3, -0.25) is 0 Å². The van der Waals surface area contributed by atoms with Gasteiger partial charge in [0.25, 0.3) is 0 Å². The lowest BCUT2D eigenvalue weighted by Crippen LogP contribution is -2.28. The standard InChI is InChI=1S/C41H46ClN2.BF4/c1-7-9-27-43-34-23-19-29-15-11-13-17-32(29)38(34)40(3,4)36(43)25-21-31(42)22-26-37-41(5,6)39-33-18-14-12-16-30(33)20-24-35(39)44(37)28-10-8-2;2-1(3,4)5/h11-26H,7-10,27-28H2,1-6H3;/q+1;-1. The van der Waals surface area contributed by atoms with Crippen molar-refractivity contribution >= 4 is 57.5 Å². The van der Waals surface area contributed by atoms with Gasteiger partial charge in [0.05, 0.1) is 5.41 Å². The van der Waals surface area contributed by atoms with Crippen LogP contribution in [0.4, 0.5) is 28.6 Å². The van der Waals surface area contributed by atoms with Gasteiger partial charge in [-0.2, -0.15) is 4.58 Å². The lowest BCUT2D eigenvalue weighted by molar-refractivity contribution is -0.438. The molecule has 4 aromatic rings. The van der Waals surface area contributed by atoms with E-state index in [0.29, 0.717) is 0 Å². The largest absolute Gasteiger partial charge is 0.673 e. The predicted molar refractivity (Wildman–Crippen MR) is 202 cm³/mol. The first-order valence-electron chi connectivity index (χ1n) is 17.3. The Morgan fingerprint density at radius 2 is 1.35 bits per heavy atom. The minimum absolute atomic E-state index is 0.136. The molecule has 0 fully saturated rings. The summed E-state index contributed by atoms with van der Waals surface area (Å²) < 4.78 is 41.5. The fourth-order valence-electron chi connectivity index (χ4n) is 7.56. The lowest BCUT2D eigenvalue weighted by Gasteiger charge is -2.27. The Morgan fingerprint density at radius 3 is 1.96 bits per heavy atom. The molecule has 0 saturated heterocycles. The van der Waals surface area contributed by atoms with Crippen molar-refractivity contribution in [3.05, 3.63) is 119 Å². The third-order valence-corrected chi connectivity index (χ3v) is 10.0. The second kappa shape index (κ2) is 14.6. The second-order valence-electron chi connectivity index (χ2n) is 13.9. The quantitative estimate of drug-likeness (QED) is 0.0734. The van der Waals surface area contributed by atoms with Gasteiger partial charge in [0.15, 0.2) is 5.71 Å². The molecular weight excluding hydrogens is 643 g/mol. The summed E-state index contributed by atoms with van der Waals surface area (Å²) in [7, 11) is -6.00. The lowest BCUT2D eigenvalue weighted by atomic mass is 9.79. The van der Waals surface area contributed by atoms with Crippen molar-refractivity contribution in [3.63, 3.8) is 0 Å². The number of fused-ring (bicyclic) bond motifs is 6. The van der Waals surface area contributed by atoms with E-state index < -0.39 is 7.25 Å². The first-order chi connectivity index (χ1) is 23.2. The van der Waals surface area contributed by atoms with Gasteiger partial charge in [0, 0.05) is 52.5 Å². The van der Waals surface area contributed by atoms with Crippen LogP contribution < -0.4 is 4.90 Å². The maximum Gasteiger partial charge on any atom is 0.673 e. The molecule has 2 heterocycles. The summed E-state index contributed by atoms with van der Waals surface area (Å²) in [5.74, 6) is 0. The minimum Gasteiger partial charge on any atom is -0.418 e. The molecule has 0 atom stereocenters. The highest BCUT2D eigenvalue weighted by atomic mass is 35.5. The number of hydrogen-bond acceptors (Lipinski definition) is 1. The van der Waals surface area contributed by atoms with E-state index in [2.05, 4.69) is 148 Å². The van der Waals surface area contributed by atoms with Crippen molar-refractivity contribution < 1.29 is 21.8 Å². The first kappa shape index (κ1) is 36.4. The van der Waals surface area contributed by atoms with E-state index >= 15 is 0 Å². The first-order valence-corrected chi connectivity index (χ1v) is 17.7. The van der Waals surface area contributed by atoms with E-state index in [4.69, 9.17) is 11.6 Å². The van der Waals surface area contributed by atoms with Crippen LogP contribution in [0.5, 0.6) is 0 Å². The van der Waals surface area contributed by atoms with Crippen LogP contribution in [0, 0.1) is 0 Å². The number of anilines is 1. The Kier molecular flexibility index (Phi) is 10.8. The van der Waals surface area contributed by atoms with Crippen molar-refractivity contribution in [2.24, 2.45) is 0 Å². The van der Waals surface area contributed by atoms with Gasteiger partial charge in [0.2, 0.25) is 5.69 Å². The van der Waals surface area contributed by atoms with Gasteiger partial charge in [-0.1, -0.05) is 107 Å². The van der Waals surface area contributed by atoms with E-state index in [-0.39, 0.29) is 10.8 Å². The molecule has 0 aliphatic carbocycles. The highest BCUT2D eigenvalue weighted by Gasteiger charge is 2.45. The second-order valence-corrected chi connectivity index (χ2v) is 14.4. The van der Waals surface area contributed by atoms with Gasteiger partial charge in [0.1, 0.15) is 6.54 Å². The fraction of sp³-hybridized carbons (Fsp3) is 0.341. The van der Waals surface area contributed by atoms with Crippen molar-refractivity contribution in [3.8, 4) is 0 Å². The molecule has 0 saturated carbocycles. The van der Waals surface area contributed by atoms with Gasteiger partial charge < -0.3 is 22.2 Å². The molecule has 0 radical (unpaired) electrons. The van der Waals surface area contributed by atoms with Crippen molar-refractivity contribution in [1.29, 1.82) is 0 Å². The normalized spacial score (nSPS) is 17.7. The summed E-state index contributed by atoms with van der Waals surface area (Å²) in [6.45, 7) is 16.0. The summed E-state index contributed by atoms with van der Waals surface area (Å²) in [6.07, 6.45) is 13.3. The van der Waals surface area contributed by atoms with Crippen molar-refractivity contribution in [2.75, 3.05) is 18.0 Å². The van der Waals surface area contributed by atoms with Gasteiger partial charge in [-0.25, -0.2) is 0 Å². The Morgan fingerprint density at radius 1 is 0.776 bits per heavy atom. The number of benzene rings is 4. The van der Waals surface area contributed by atoms with Crippen molar-refractivity contribution in [2.45, 2.75) is 78.1 Å².